The highest BCUT2D eigenvalue weighted by Gasteiger charge is 2.15. The van der Waals surface area contributed by atoms with Gasteiger partial charge < -0.3 is 10.6 Å². The quantitative estimate of drug-likeness (QED) is 0.818. The van der Waals surface area contributed by atoms with Crippen LogP contribution >= 0.6 is 11.6 Å². The van der Waals surface area contributed by atoms with E-state index in [1.165, 1.54) is 11.1 Å². The van der Waals surface area contributed by atoms with Crippen LogP contribution in [0.15, 0.2) is 48.5 Å². The molecule has 2 aromatic rings. The number of rotatable bonds is 6. The molecule has 1 heterocycles. The summed E-state index contributed by atoms with van der Waals surface area (Å²) in [5.74, 6) is -0.506. The maximum absolute atomic E-state index is 12.0. The van der Waals surface area contributed by atoms with Crippen molar-refractivity contribution in [2.45, 2.75) is 13.0 Å². The van der Waals surface area contributed by atoms with E-state index >= 15 is 0 Å². The second kappa shape index (κ2) is 8.83. The minimum atomic E-state index is -0.310. The number of halogens is 1. The van der Waals surface area contributed by atoms with Gasteiger partial charge in [-0.25, -0.2) is 0 Å². The predicted molar refractivity (Wildman–Crippen MR) is 102 cm³/mol. The van der Waals surface area contributed by atoms with E-state index in [1.807, 2.05) is 0 Å². The standard InChI is InChI=1S/C20H22ClN3O2/c21-18-7-3-6-16(12-18)20(26)23-13-19(25)22-9-11-24-10-8-15-4-1-2-5-17(15)14-24/h1-7,12H,8-11,13-14H2,(H,22,25)(H,23,26). The molecule has 2 N–H and O–H groups in total. The van der Waals surface area contributed by atoms with E-state index in [-0.39, 0.29) is 18.4 Å². The molecule has 0 atom stereocenters. The van der Waals surface area contributed by atoms with E-state index in [2.05, 4.69) is 39.8 Å². The Labute approximate surface area is 158 Å². The zero-order valence-electron chi connectivity index (χ0n) is 14.5. The molecular weight excluding hydrogens is 350 g/mol. The molecule has 0 unspecified atom stereocenters. The molecule has 136 valence electrons. The van der Waals surface area contributed by atoms with Crippen molar-refractivity contribution in [3.63, 3.8) is 0 Å². The van der Waals surface area contributed by atoms with Crippen LogP contribution in [0.2, 0.25) is 5.02 Å². The third-order valence-corrected chi connectivity index (χ3v) is 4.69. The van der Waals surface area contributed by atoms with Gasteiger partial charge in [0, 0.05) is 36.8 Å². The molecule has 0 aromatic heterocycles. The first-order chi connectivity index (χ1) is 12.6. The summed E-state index contributed by atoms with van der Waals surface area (Å²) in [6, 6.07) is 15.1. The van der Waals surface area contributed by atoms with Crippen molar-refractivity contribution in [3.05, 3.63) is 70.2 Å². The van der Waals surface area contributed by atoms with Gasteiger partial charge in [0.2, 0.25) is 5.91 Å². The lowest BCUT2D eigenvalue weighted by atomic mass is 10.00. The third kappa shape index (κ3) is 5.07. The van der Waals surface area contributed by atoms with Gasteiger partial charge in [0.05, 0.1) is 6.54 Å². The van der Waals surface area contributed by atoms with Gasteiger partial charge in [0.25, 0.3) is 5.91 Å². The van der Waals surface area contributed by atoms with Crippen LogP contribution in [-0.2, 0) is 17.8 Å². The van der Waals surface area contributed by atoms with Crippen molar-refractivity contribution < 1.29 is 9.59 Å². The first-order valence-electron chi connectivity index (χ1n) is 8.71. The van der Waals surface area contributed by atoms with E-state index in [9.17, 15) is 9.59 Å². The lowest BCUT2D eigenvalue weighted by molar-refractivity contribution is -0.120. The first-order valence-corrected chi connectivity index (χ1v) is 9.09. The van der Waals surface area contributed by atoms with Crippen molar-refractivity contribution in [2.24, 2.45) is 0 Å². The van der Waals surface area contributed by atoms with E-state index < -0.39 is 0 Å². The molecule has 0 radical (unpaired) electrons. The molecule has 2 aromatic carbocycles. The number of hydrogen-bond donors (Lipinski definition) is 2. The van der Waals surface area contributed by atoms with Crippen LogP contribution in [0.1, 0.15) is 21.5 Å². The molecule has 26 heavy (non-hydrogen) atoms. The Balaban J connectivity index is 1.36. The van der Waals surface area contributed by atoms with Crippen molar-refractivity contribution in [1.29, 1.82) is 0 Å². The predicted octanol–water partition coefficient (Wildman–Crippen LogP) is 2.24. The van der Waals surface area contributed by atoms with Crippen LogP contribution in [0.4, 0.5) is 0 Å². The molecule has 5 nitrogen and oxygen atoms in total. The van der Waals surface area contributed by atoms with E-state index in [0.717, 1.165) is 26.1 Å². The fraction of sp³-hybridized carbons (Fsp3) is 0.300. The Morgan fingerprint density at radius 1 is 1.04 bits per heavy atom. The van der Waals surface area contributed by atoms with Gasteiger partial charge >= 0.3 is 0 Å². The average molecular weight is 372 g/mol. The monoisotopic (exact) mass is 371 g/mol. The maximum Gasteiger partial charge on any atom is 0.251 e. The number of hydrogen-bond acceptors (Lipinski definition) is 3. The number of nitrogens with one attached hydrogen (secondary N) is 2. The number of carbonyl (C=O) groups is 2. The Kier molecular flexibility index (Phi) is 6.26. The van der Waals surface area contributed by atoms with Crippen LogP contribution in [0.25, 0.3) is 0 Å². The third-order valence-electron chi connectivity index (χ3n) is 4.46. The Morgan fingerprint density at radius 2 is 1.85 bits per heavy atom. The minimum absolute atomic E-state index is 0.0474. The van der Waals surface area contributed by atoms with E-state index in [0.29, 0.717) is 17.1 Å². The number of nitrogens with zero attached hydrogens (tertiary/aromatic N) is 1. The van der Waals surface area contributed by atoms with E-state index in [4.69, 9.17) is 11.6 Å². The summed E-state index contributed by atoms with van der Waals surface area (Å²) >= 11 is 5.86. The molecule has 0 spiro atoms. The van der Waals surface area contributed by atoms with Crippen molar-refractivity contribution in [1.82, 2.24) is 15.5 Å². The average Bonchev–Trinajstić information content (AvgIpc) is 2.66. The fourth-order valence-electron chi connectivity index (χ4n) is 3.05. The van der Waals surface area contributed by atoms with Crippen LogP contribution in [0.5, 0.6) is 0 Å². The van der Waals surface area contributed by atoms with Crippen LogP contribution in [0.3, 0.4) is 0 Å². The smallest absolute Gasteiger partial charge is 0.251 e. The number of carbonyl (C=O) groups excluding carboxylic acids is 2. The molecule has 0 saturated carbocycles. The van der Waals surface area contributed by atoms with Crippen molar-refractivity contribution in [3.8, 4) is 0 Å². The molecule has 3 rings (SSSR count). The lowest BCUT2D eigenvalue weighted by Crippen LogP contribution is -2.41. The summed E-state index contributed by atoms with van der Waals surface area (Å²) in [5, 5.41) is 5.95. The van der Waals surface area contributed by atoms with Crippen LogP contribution < -0.4 is 10.6 Å². The zero-order chi connectivity index (χ0) is 18.4. The Bertz CT molecular complexity index is 794. The van der Waals surface area contributed by atoms with Gasteiger partial charge in [-0.05, 0) is 35.7 Å². The maximum atomic E-state index is 12.0. The Morgan fingerprint density at radius 3 is 2.65 bits per heavy atom. The number of benzene rings is 2. The molecule has 1 aliphatic heterocycles. The van der Waals surface area contributed by atoms with Gasteiger partial charge in [0.1, 0.15) is 0 Å². The van der Waals surface area contributed by atoms with Gasteiger partial charge in [-0.2, -0.15) is 0 Å². The SMILES string of the molecule is O=C(CNC(=O)c1cccc(Cl)c1)NCCN1CCc2ccccc2C1. The molecule has 0 bridgehead atoms. The normalized spacial score (nSPS) is 13.7. The van der Waals surface area contributed by atoms with Gasteiger partial charge in [-0.15, -0.1) is 0 Å². The van der Waals surface area contributed by atoms with Crippen molar-refractivity contribution in [2.75, 3.05) is 26.2 Å². The van der Waals surface area contributed by atoms with Crippen LogP contribution in [-0.4, -0.2) is 42.9 Å². The first kappa shape index (κ1) is 18.4. The zero-order valence-corrected chi connectivity index (χ0v) is 15.3. The van der Waals surface area contributed by atoms with Crippen LogP contribution in [0, 0.1) is 0 Å². The highest BCUT2D eigenvalue weighted by atomic mass is 35.5. The molecule has 2 amide bonds. The molecule has 1 aliphatic rings. The highest BCUT2D eigenvalue weighted by molar-refractivity contribution is 6.30. The van der Waals surface area contributed by atoms with Gasteiger partial charge in [-0.1, -0.05) is 41.9 Å². The summed E-state index contributed by atoms with van der Waals surface area (Å²) in [6.45, 7) is 3.22. The highest BCUT2D eigenvalue weighted by Crippen LogP contribution is 2.17. The second-order valence-electron chi connectivity index (χ2n) is 6.34. The molecular formula is C20H22ClN3O2. The van der Waals surface area contributed by atoms with Gasteiger partial charge in [-0.3, -0.25) is 14.5 Å². The topological polar surface area (TPSA) is 61.4 Å². The number of amides is 2. The molecule has 0 fully saturated rings. The van der Waals surface area contributed by atoms with Gasteiger partial charge in [0.15, 0.2) is 0 Å². The summed E-state index contributed by atoms with van der Waals surface area (Å²) < 4.78 is 0. The summed E-state index contributed by atoms with van der Waals surface area (Å²) in [6.07, 6.45) is 1.04. The largest absolute Gasteiger partial charge is 0.353 e. The summed E-state index contributed by atoms with van der Waals surface area (Å²) in [7, 11) is 0. The minimum Gasteiger partial charge on any atom is -0.353 e. The summed E-state index contributed by atoms with van der Waals surface area (Å²) in [5.41, 5.74) is 3.22. The Hall–Kier alpha value is -2.37. The summed E-state index contributed by atoms with van der Waals surface area (Å²) in [4.78, 5) is 26.2. The number of fused-ring (bicyclic) bond motifs is 1. The fourth-order valence-corrected chi connectivity index (χ4v) is 3.24. The second-order valence-corrected chi connectivity index (χ2v) is 6.77. The lowest BCUT2D eigenvalue weighted by Gasteiger charge is -2.28. The molecule has 6 heteroatoms. The van der Waals surface area contributed by atoms with Crippen molar-refractivity contribution >= 4 is 23.4 Å². The molecule has 0 aliphatic carbocycles. The van der Waals surface area contributed by atoms with E-state index in [1.54, 1.807) is 24.3 Å². The molecule has 0 saturated heterocycles.